The van der Waals surface area contributed by atoms with Crippen LogP contribution in [0.2, 0.25) is 0 Å². The average molecular weight is 445 g/mol. The number of fused-ring (bicyclic) bond motifs is 3. The summed E-state index contributed by atoms with van der Waals surface area (Å²) in [6, 6.07) is 10.6. The minimum atomic E-state index is -0.573. The van der Waals surface area contributed by atoms with Gasteiger partial charge in [-0.25, -0.2) is 13.6 Å². The molecule has 33 heavy (non-hydrogen) atoms. The Labute approximate surface area is 185 Å². The molecule has 1 amide bonds. The summed E-state index contributed by atoms with van der Waals surface area (Å²) in [7, 11) is 1.53. The Hall–Kier alpha value is -4.51. The number of pyridine rings is 2. The molecule has 0 radical (unpaired) electrons. The maximum Gasteiger partial charge on any atom is 0.299 e. The van der Waals surface area contributed by atoms with Crippen LogP contribution in [0, 0.1) is 5.82 Å². The van der Waals surface area contributed by atoms with Crippen molar-refractivity contribution in [1.82, 2.24) is 29.5 Å². The number of ether oxygens (including phenoxy) is 1. The quantitative estimate of drug-likeness (QED) is 0.441. The van der Waals surface area contributed by atoms with Gasteiger partial charge in [0.1, 0.15) is 11.3 Å². The summed E-state index contributed by atoms with van der Waals surface area (Å²) >= 11 is 0. The number of benzene rings is 1. The number of hydrogen-bond donors (Lipinski definition) is 1. The van der Waals surface area contributed by atoms with Crippen LogP contribution in [0.25, 0.3) is 27.8 Å². The van der Waals surface area contributed by atoms with Crippen molar-refractivity contribution in [3.8, 4) is 11.1 Å². The van der Waals surface area contributed by atoms with E-state index >= 15 is 0 Å². The van der Waals surface area contributed by atoms with Crippen LogP contribution in [0.1, 0.15) is 16.1 Å². The summed E-state index contributed by atoms with van der Waals surface area (Å²) in [5.74, 6) is -0.845. The average Bonchev–Trinajstić information content (AvgIpc) is 3.20. The van der Waals surface area contributed by atoms with Crippen molar-refractivity contribution in [2.24, 2.45) is 0 Å². The topological polar surface area (TPSA) is 116 Å². The third-order valence-electron chi connectivity index (χ3n) is 5.03. The normalized spacial score (nSPS) is 11.2. The first-order valence-electron chi connectivity index (χ1n) is 9.82. The first-order chi connectivity index (χ1) is 16.1. The third-order valence-corrected chi connectivity index (χ3v) is 5.03. The highest BCUT2D eigenvalue weighted by atomic mass is 19.1. The fourth-order valence-corrected chi connectivity index (χ4v) is 3.51. The lowest BCUT2D eigenvalue weighted by atomic mass is 10.1. The number of amides is 1. The molecule has 0 atom stereocenters. The second kappa shape index (κ2) is 8.20. The van der Waals surface area contributed by atoms with E-state index in [1.54, 1.807) is 18.2 Å². The number of carbonyl (C=O) groups is 1. The smallest absolute Gasteiger partial charge is 0.299 e. The van der Waals surface area contributed by atoms with Gasteiger partial charge in [-0.3, -0.25) is 20.0 Å². The number of hydrogen-bond acceptors (Lipinski definition) is 7. The number of nitrogens with one attached hydrogen (secondary N) is 1. The molecular weight excluding hydrogens is 429 g/mol. The van der Waals surface area contributed by atoms with E-state index in [1.807, 2.05) is 0 Å². The van der Waals surface area contributed by atoms with Gasteiger partial charge in [0.25, 0.3) is 11.5 Å². The van der Waals surface area contributed by atoms with Crippen molar-refractivity contribution in [3.63, 3.8) is 0 Å². The molecule has 10 nitrogen and oxygen atoms in total. The minimum Gasteiger partial charge on any atom is -0.378 e. The van der Waals surface area contributed by atoms with E-state index in [0.717, 1.165) is 4.68 Å². The second-order valence-corrected chi connectivity index (χ2v) is 7.10. The van der Waals surface area contributed by atoms with Crippen molar-refractivity contribution in [2.45, 2.75) is 6.61 Å². The molecule has 164 valence electrons. The minimum absolute atomic E-state index is 0.0113. The highest BCUT2D eigenvalue weighted by molar-refractivity contribution is 5.99. The van der Waals surface area contributed by atoms with E-state index in [0.29, 0.717) is 33.5 Å². The van der Waals surface area contributed by atoms with Crippen molar-refractivity contribution in [3.05, 3.63) is 88.5 Å². The van der Waals surface area contributed by atoms with Gasteiger partial charge < -0.3 is 4.74 Å². The molecule has 0 bridgehead atoms. The van der Waals surface area contributed by atoms with Crippen LogP contribution < -0.4 is 11.0 Å². The van der Waals surface area contributed by atoms with Crippen molar-refractivity contribution in [1.29, 1.82) is 0 Å². The van der Waals surface area contributed by atoms with Gasteiger partial charge in [0.05, 0.1) is 17.9 Å². The van der Waals surface area contributed by atoms with Crippen LogP contribution in [-0.2, 0) is 11.3 Å². The van der Waals surface area contributed by atoms with Gasteiger partial charge in [-0.2, -0.15) is 5.10 Å². The second-order valence-electron chi connectivity index (χ2n) is 7.10. The zero-order valence-electron chi connectivity index (χ0n) is 17.3. The van der Waals surface area contributed by atoms with Crippen molar-refractivity contribution < 1.29 is 13.9 Å². The Morgan fingerprint density at radius 3 is 2.58 bits per heavy atom. The first kappa shape index (κ1) is 20.4. The largest absolute Gasteiger partial charge is 0.378 e. The standard InChI is InChI=1S/C22H16FN7O3/c1-33-12-16-18(13-2-4-15(23)5-3-13)20-26-25-19-17(30(20)27-16)8-11-29(22(19)32)28-21(31)14-6-9-24-10-7-14/h2-11H,12H2,1H3,(H,28,31). The predicted octanol–water partition coefficient (Wildman–Crippen LogP) is 2.17. The Morgan fingerprint density at radius 1 is 1.09 bits per heavy atom. The number of nitrogens with zero attached hydrogens (tertiary/aromatic N) is 6. The molecule has 0 aliphatic rings. The third kappa shape index (κ3) is 3.59. The summed E-state index contributed by atoms with van der Waals surface area (Å²) in [6.45, 7) is 0.177. The van der Waals surface area contributed by atoms with Crippen molar-refractivity contribution in [2.75, 3.05) is 12.5 Å². The SMILES string of the molecule is COCc1nn2c(nnc3c(=O)n(NC(=O)c4ccncc4)ccc32)c1-c1ccc(F)cc1. The number of aromatic nitrogens is 6. The van der Waals surface area contributed by atoms with Crippen LogP contribution in [0.3, 0.4) is 0 Å². The molecule has 5 rings (SSSR count). The molecule has 0 unspecified atom stereocenters. The Bertz CT molecular complexity index is 1550. The molecule has 0 fully saturated rings. The Balaban J connectivity index is 1.64. The van der Waals surface area contributed by atoms with E-state index in [2.05, 4.69) is 25.7 Å². The summed E-state index contributed by atoms with van der Waals surface area (Å²) < 4.78 is 21.2. The molecule has 0 aliphatic heterocycles. The fourth-order valence-electron chi connectivity index (χ4n) is 3.51. The lowest BCUT2D eigenvalue weighted by molar-refractivity contribution is 0.101. The molecule has 5 aromatic rings. The summed E-state index contributed by atoms with van der Waals surface area (Å²) in [5.41, 5.74) is 4.95. The van der Waals surface area contributed by atoms with E-state index < -0.39 is 11.5 Å². The maximum absolute atomic E-state index is 13.4. The van der Waals surface area contributed by atoms with Crippen LogP contribution in [0.15, 0.2) is 65.8 Å². The van der Waals surface area contributed by atoms with E-state index in [-0.39, 0.29) is 17.9 Å². The lowest BCUT2D eigenvalue weighted by Crippen LogP contribution is -2.33. The maximum atomic E-state index is 13.4. The van der Waals surface area contributed by atoms with E-state index in [9.17, 15) is 14.0 Å². The van der Waals surface area contributed by atoms with Gasteiger partial charge in [0.15, 0.2) is 11.2 Å². The molecule has 0 saturated carbocycles. The van der Waals surface area contributed by atoms with Gasteiger partial charge >= 0.3 is 0 Å². The van der Waals surface area contributed by atoms with E-state index in [1.165, 1.54) is 54.5 Å². The van der Waals surface area contributed by atoms with Gasteiger partial charge in [0, 0.05) is 31.3 Å². The molecular formula is C22H16FN7O3. The monoisotopic (exact) mass is 445 g/mol. The summed E-state index contributed by atoms with van der Waals surface area (Å²) in [5, 5.41) is 12.9. The van der Waals surface area contributed by atoms with Crippen LogP contribution in [-0.4, -0.2) is 42.5 Å². The zero-order chi connectivity index (χ0) is 22.9. The lowest BCUT2D eigenvalue weighted by Gasteiger charge is -2.09. The number of methoxy groups -OCH3 is 1. The van der Waals surface area contributed by atoms with Crippen LogP contribution >= 0.6 is 0 Å². The van der Waals surface area contributed by atoms with Gasteiger partial charge in [-0.15, -0.1) is 10.2 Å². The predicted molar refractivity (Wildman–Crippen MR) is 117 cm³/mol. The number of halogens is 1. The van der Waals surface area contributed by atoms with Gasteiger partial charge in [-0.05, 0) is 35.9 Å². The molecule has 4 aromatic heterocycles. The molecule has 4 heterocycles. The molecule has 0 aliphatic carbocycles. The molecule has 11 heteroatoms. The molecule has 0 spiro atoms. The number of rotatable bonds is 5. The highest BCUT2D eigenvalue weighted by Gasteiger charge is 2.20. The van der Waals surface area contributed by atoms with Crippen LogP contribution in [0.4, 0.5) is 4.39 Å². The van der Waals surface area contributed by atoms with E-state index in [4.69, 9.17) is 4.74 Å². The highest BCUT2D eigenvalue weighted by Crippen LogP contribution is 2.29. The van der Waals surface area contributed by atoms with Crippen LogP contribution in [0.5, 0.6) is 0 Å². The Morgan fingerprint density at radius 2 is 1.85 bits per heavy atom. The van der Waals surface area contributed by atoms with Crippen molar-refractivity contribution >= 4 is 22.6 Å². The number of carbonyl (C=O) groups excluding carboxylic acids is 1. The summed E-state index contributed by atoms with van der Waals surface area (Å²) in [4.78, 5) is 29.3. The van der Waals surface area contributed by atoms with Gasteiger partial charge in [-0.1, -0.05) is 12.1 Å². The first-order valence-corrected chi connectivity index (χ1v) is 9.82. The molecule has 1 N–H and O–H groups in total. The zero-order valence-corrected chi connectivity index (χ0v) is 17.3. The fraction of sp³-hybridized carbons (Fsp3) is 0.0909. The Kier molecular flexibility index (Phi) is 5.07. The molecule has 0 saturated heterocycles. The summed E-state index contributed by atoms with van der Waals surface area (Å²) in [6.07, 6.45) is 4.38. The van der Waals surface area contributed by atoms with Gasteiger partial charge in [0.2, 0.25) is 0 Å². The molecule has 1 aromatic carbocycles.